The Morgan fingerprint density at radius 2 is 1.81 bits per heavy atom. The van der Waals surface area contributed by atoms with E-state index in [1.165, 1.54) is 27.9 Å². The second-order valence-electron chi connectivity index (χ2n) is 6.00. The first kappa shape index (κ1) is 15.6. The molecule has 8 heteroatoms. The third kappa shape index (κ3) is 2.31. The summed E-state index contributed by atoms with van der Waals surface area (Å²) in [6, 6.07) is 13.7. The van der Waals surface area contributed by atoms with Crippen molar-refractivity contribution < 1.29 is 4.92 Å². The quantitative estimate of drug-likeness (QED) is 0.264. The molecule has 5 rings (SSSR count). The number of nitro groups is 1. The Morgan fingerprint density at radius 3 is 2.59 bits per heavy atom. The molecule has 0 amide bonds. The minimum atomic E-state index is -0.451. The summed E-state index contributed by atoms with van der Waals surface area (Å²) in [5.74, 6) is 0. The molecule has 0 aliphatic rings. The maximum Gasteiger partial charge on any atom is 0.269 e. The molecule has 0 N–H and O–H groups in total. The van der Waals surface area contributed by atoms with Crippen LogP contribution in [-0.4, -0.2) is 19.3 Å². The van der Waals surface area contributed by atoms with Gasteiger partial charge in [-0.3, -0.25) is 24.3 Å². The van der Waals surface area contributed by atoms with E-state index in [-0.39, 0.29) is 11.2 Å². The maximum absolute atomic E-state index is 13.1. The Kier molecular flexibility index (Phi) is 3.28. The van der Waals surface area contributed by atoms with Crippen LogP contribution < -0.4 is 5.56 Å². The van der Waals surface area contributed by atoms with Gasteiger partial charge in [-0.15, -0.1) is 11.3 Å². The van der Waals surface area contributed by atoms with Crippen LogP contribution >= 0.6 is 11.3 Å². The van der Waals surface area contributed by atoms with Crippen LogP contribution in [0.3, 0.4) is 0 Å². The van der Waals surface area contributed by atoms with E-state index in [0.29, 0.717) is 27.1 Å². The predicted octanol–water partition coefficient (Wildman–Crippen LogP) is 4.03. The zero-order valence-corrected chi connectivity index (χ0v) is 14.5. The van der Waals surface area contributed by atoms with Crippen molar-refractivity contribution in [2.24, 2.45) is 0 Å². The number of para-hydroxylation sites is 1. The summed E-state index contributed by atoms with van der Waals surface area (Å²) in [7, 11) is 0. The number of aromatic nitrogens is 3. The van der Waals surface area contributed by atoms with Crippen LogP contribution in [-0.2, 0) is 0 Å². The van der Waals surface area contributed by atoms with Crippen LogP contribution in [0.4, 0.5) is 5.69 Å². The number of fused-ring (bicyclic) bond motifs is 4. The summed E-state index contributed by atoms with van der Waals surface area (Å²) in [4.78, 5) is 33.2. The smallest absolute Gasteiger partial charge is 0.268 e. The minimum absolute atomic E-state index is 0.00452. The van der Waals surface area contributed by atoms with Crippen molar-refractivity contribution in [3.8, 4) is 11.3 Å². The monoisotopic (exact) mass is 374 g/mol. The van der Waals surface area contributed by atoms with Gasteiger partial charge >= 0.3 is 0 Å². The van der Waals surface area contributed by atoms with E-state index in [1.807, 2.05) is 29.6 Å². The molecule has 5 aromatic rings. The summed E-state index contributed by atoms with van der Waals surface area (Å²) < 4.78 is 1.53. The zero-order valence-electron chi connectivity index (χ0n) is 13.7. The number of benzene rings is 2. The summed E-state index contributed by atoms with van der Waals surface area (Å²) in [5.41, 5.74) is 2.57. The molecular formula is C19H10N4O3S. The molecular weight excluding hydrogens is 364 g/mol. The molecule has 27 heavy (non-hydrogen) atoms. The van der Waals surface area contributed by atoms with Crippen LogP contribution in [0.25, 0.3) is 38.0 Å². The summed E-state index contributed by atoms with van der Waals surface area (Å²) in [5, 5.41) is 14.0. The number of pyridine rings is 1. The fourth-order valence-corrected chi connectivity index (χ4v) is 4.05. The topological polar surface area (TPSA) is 90.4 Å². The number of hydrogen-bond donors (Lipinski definition) is 0. The summed E-state index contributed by atoms with van der Waals surface area (Å²) in [6.45, 7) is 0. The Hall–Kier alpha value is -3.65. The molecule has 0 bridgehead atoms. The van der Waals surface area contributed by atoms with E-state index < -0.39 is 4.92 Å². The van der Waals surface area contributed by atoms with Crippen LogP contribution in [0.1, 0.15) is 0 Å². The molecule has 0 atom stereocenters. The standard InChI is InChI=1S/C19H10N4O3S/c24-18-14-9-20-15-4-2-1-3-13(15)17(14)21-19-22(18)16(10-27-19)11-5-7-12(8-6-11)23(25)26/h1-10H. The molecule has 0 unspecified atom stereocenters. The van der Waals surface area contributed by atoms with Crippen molar-refractivity contribution in [3.63, 3.8) is 0 Å². The lowest BCUT2D eigenvalue weighted by Gasteiger charge is -2.05. The molecule has 0 saturated carbocycles. The first-order chi connectivity index (χ1) is 13.1. The lowest BCUT2D eigenvalue weighted by Crippen LogP contribution is -2.15. The van der Waals surface area contributed by atoms with Gasteiger partial charge in [0.1, 0.15) is 0 Å². The van der Waals surface area contributed by atoms with E-state index >= 15 is 0 Å². The van der Waals surface area contributed by atoms with Crippen molar-refractivity contribution >= 4 is 43.8 Å². The minimum Gasteiger partial charge on any atom is -0.268 e. The van der Waals surface area contributed by atoms with Crippen LogP contribution in [0.2, 0.25) is 0 Å². The van der Waals surface area contributed by atoms with Gasteiger partial charge in [-0.25, -0.2) is 4.98 Å². The van der Waals surface area contributed by atoms with E-state index in [9.17, 15) is 14.9 Å². The van der Waals surface area contributed by atoms with Gasteiger partial charge in [-0.2, -0.15) is 0 Å². The first-order valence-corrected chi connectivity index (χ1v) is 8.94. The largest absolute Gasteiger partial charge is 0.269 e. The number of nitrogens with zero attached hydrogens (tertiary/aromatic N) is 4. The van der Waals surface area contributed by atoms with E-state index in [1.54, 1.807) is 18.3 Å². The second-order valence-corrected chi connectivity index (χ2v) is 6.83. The van der Waals surface area contributed by atoms with Gasteiger partial charge in [-0.1, -0.05) is 18.2 Å². The van der Waals surface area contributed by atoms with Gasteiger partial charge in [0, 0.05) is 34.7 Å². The van der Waals surface area contributed by atoms with Crippen molar-refractivity contribution in [3.05, 3.63) is 80.6 Å². The molecule has 3 heterocycles. The van der Waals surface area contributed by atoms with Crippen LogP contribution in [0.15, 0.2) is 64.9 Å². The average Bonchev–Trinajstić information content (AvgIpc) is 3.12. The van der Waals surface area contributed by atoms with Gasteiger partial charge in [-0.05, 0) is 18.2 Å². The highest BCUT2D eigenvalue weighted by molar-refractivity contribution is 7.15. The average molecular weight is 374 g/mol. The molecule has 0 aliphatic heterocycles. The Balaban J connectivity index is 1.81. The van der Waals surface area contributed by atoms with E-state index in [4.69, 9.17) is 4.98 Å². The predicted molar refractivity (Wildman–Crippen MR) is 104 cm³/mol. The number of nitro benzene ring substituents is 1. The molecule has 2 aromatic carbocycles. The van der Waals surface area contributed by atoms with Crippen LogP contribution in [0, 0.1) is 10.1 Å². The van der Waals surface area contributed by atoms with Crippen molar-refractivity contribution in [1.82, 2.24) is 14.4 Å². The van der Waals surface area contributed by atoms with Gasteiger partial charge in [0.2, 0.25) is 0 Å². The van der Waals surface area contributed by atoms with Crippen LogP contribution in [0.5, 0.6) is 0 Å². The molecule has 0 saturated heterocycles. The number of non-ortho nitro benzene ring substituents is 1. The molecule has 7 nitrogen and oxygen atoms in total. The van der Waals surface area contributed by atoms with Gasteiger partial charge in [0.05, 0.1) is 27.0 Å². The normalized spacial score (nSPS) is 11.4. The highest BCUT2D eigenvalue weighted by Crippen LogP contribution is 2.28. The van der Waals surface area contributed by atoms with Gasteiger partial charge < -0.3 is 0 Å². The molecule has 3 aromatic heterocycles. The second kappa shape index (κ2) is 5.68. The highest BCUT2D eigenvalue weighted by atomic mass is 32.1. The summed E-state index contributed by atoms with van der Waals surface area (Å²) in [6.07, 6.45) is 1.55. The first-order valence-electron chi connectivity index (χ1n) is 8.06. The molecule has 0 radical (unpaired) electrons. The van der Waals surface area contributed by atoms with Crippen molar-refractivity contribution in [2.45, 2.75) is 0 Å². The summed E-state index contributed by atoms with van der Waals surface area (Å²) >= 11 is 1.35. The Labute approximate surface area is 155 Å². The van der Waals surface area contributed by atoms with Gasteiger partial charge in [0.15, 0.2) is 4.96 Å². The number of thiazole rings is 1. The lowest BCUT2D eigenvalue weighted by atomic mass is 10.1. The molecule has 0 fully saturated rings. The fourth-order valence-electron chi connectivity index (χ4n) is 3.16. The number of hydrogen-bond acceptors (Lipinski definition) is 6. The Morgan fingerprint density at radius 1 is 1.04 bits per heavy atom. The molecule has 0 spiro atoms. The van der Waals surface area contributed by atoms with Crippen molar-refractivity contribution in [2.75, 3.05) is 0 Å². The Bertz CT molecular complexity index is 1420. The molecule has 0 aliphatic carbocycles. The third-order valence-corrected chi connectivity index (χ3v) is 5.30. The molecule has 130 valence electrons. The zero-order chi connectivity index (χ0) is 18.5. The van der Waals surface area contributed by atoms with E-state index in [0.717, 1.165) is 10.9 Å². The lowest BCUT2D eigenvalue weighted by molar-refractivity contribution is -0.384. The number of rotatable bonds is 2. The van der Waals surface area contributed by atoms with E-state index in [2.05, 4.69) is 4.98 Å². The SMILES string of the molecule is O=c1c2cnc3ccccc3c2nc2scc(-c3ccc([N+](=O)[O-])cc3)n12. The highest BCUT2D eigenvalue weighted by Gasteiger charge is 2.15. The third-order valence-electron chi connectivity index (χ3n) is 4.47. The fraction of sp³-hybridized carbons (Fsp3) is 0. The maximum atomic E-state index is 13.1. The van der Waals surface area contributed by atoms with Gasteiger partial charge in [0.25, 0.3) is 11.2 Å². The van der Waals surface area contributed by atoms with Crippen molar-refractivity contribution in [1.29, 1.82) is 0 Å².